The number of nitrogens with one attached hydrogen (secondary N) is 1. The van der Waals surface area contributed by atoms with Crippen LogP contribution in [0.25, 0.3) is 0 Å². The molecule has 3 rings (SSSR count). The summed E-state index contributed by atoms with van der Waals surface area (Å²) in [5.74, 6) is 0.562. The molecule has 1 aliphatic heterocycles. The van der Waals surface area contributed by atoms with Crippen LogP contribution in [0.3, 0.4) is 0 Å². The minimum Gasteiger partial charge on any atom is -0.354 e. The van der Waals surface area contributed by atoms with Crippen molar-refractivity contribution in [3.8, 4) is 0 Å². The van der Waals surface area contributed by atoms with Crippen molar-refractivity contribution in [1.29, 1.82) is 0 Å². The van der Waals surface area contributed by atoms with Gasteiger partial charge in [0.15, 0.2) is 0 Å². The zero-order chi connectivity index (χ0) is 16.8. The van der Waals surface area contributed by atoms with E-state index < -0.39 is 0 Å². The van der Waals surface area contributed by atoms with Gasteiger partial charge in [-0.05, 0) is 30.3 Å². The molecule has 1 amide bonds. The van der Waals surface area contributed by atoms with Crippen molar-refractivity contribution in [3.63, 3.8) is 0 Å². The monoisotopic (exact) mass is 328 g/mol. The summed E-state index contributed by atoms with van der Waals surface area (Å²) in [6.07, 6.45) is 2.21. The van der Waals surface area contributed by atoms with E-state index in [9.17, 15) is 9.18 Å². The number of carbonyl (C=O) groups is 1. The highest BCUT2D eigenvalue weighted by Gasteiger charge is 2.18. The first-order chi connectivity index (χ1) is 11.7. The molecular formula is C18H21FN4O. The van der Waals surface area contributed by atoms with Gasteiger partial charge in [0.1, 0.15) is 11.6 Å². The normalized spacial score (nSPS) is 15.3. The SMILES string of the molecule is O=C(CCN1CCN(c2ccccn2)CC1)Nc1cccc(F)c1. The minimum absolute atomic E-state index is 0.0900. The fraction of sp³-hybridized carbons (Fsp3) is 0.333. The van der Waals surface area contributed by atoms with Crippen LogP contribution in [0.4, 0.5) is 15.9 Å². The molecule has 2 aromatic rings. The number of pyridine rings is 1. The molecule has 0 spiro atoms. The summed E-state index contributed by atoms with van der Waals surface area (Å²) in [7, 11) is 0. The van der Waals surface area contributed by atoms with Gasteiger partial charge >= 0.3 is 0 Å². The first kappa shape index (κ1) is 16.4. The van der Waals surface area contributed by atoms with Gasteiger partial charge in [-0.3, -0.25) is 9.69 Å². The summed E-state index contributed by atoms with van der Waals surface area (Å²) in [5.41, 5.74) is 0.500. The molecule has 1 N–H and O–H groups in total. The van der Waals surface area contributed by atoms with Crippen molar-refractivity contribution in [3.05, 3.63) is 54.5 Å². The molecule has 0 unspecified atom stereocenters. The summed E-state index contributed by atoms with van der Waals surface area (Å²) < 4.78 is 13.1. The van der Waals surface area contributed by atoms with Gasteiger partial charge in [0.2, 0.25) is 5.91 Å². The van der Waals surface area contributed by atoms with Crippen LogP contribution in [0.5, 0.6) is 0 Å². The van der Waals surface area contributed by atoms with E-state index in [1.807, 2.05) is 18.2 Å². The Labute approximate surface area is 141 Å². The number of carbonyl (C=O) groups excluding carboxylic acids is 1. The largest absolute Gasteiger partial charge is 0.354 e. The van der Waals surface area contributed by atoms with Crippen LogP contribution in [-0.2, 0) is 4.79 Å². The zero-order valence-corrected chi connectivity index (χ0v) is 13.5. The quantitative estimate of drug-likeness (QED) is 0.915. The van der Waals surface area contributed by atoms with E-state index in [4.69, 9.17) is 0 Å². The lowest BCUT2D eigenvalue weighted by Gasteiger charge is -2.35. The van der Waals surface area contributed by atoms with Crippen molar-refractivity contribution in [2.24, 2.45) is 0 Å². The number of halogens is 1. The Kier molecular flexibility index (Phi) is 5.38. The third kappa shape index (κ3) is 4.52. The second-order valence-electron chi connectivity index (χ2n) is 5.83. The van der Waals surface area contributed by atoms with Crippen molar-refractivity contribution in [2.75, 3.05) is 42.9 Å². The number of benzene rings is 1. The number of nitrogens with zero attached hydrogens (tertiary/aromatic N) is 3. The first-order valence-electron chi connectivity index (χ1n) is 8.14. The second-order valence-corrected chi connectivity index (χ2v) is 5.83. The number of hydrogen-bond donors (Lipinski definition) is 1. The third-order valence-electron chi connectivity index (χ3n) is 4.11. The maximum Gasteiger partial charge on any atom is 0.225 e. The van der Waals surface area contributed by atoms with Crippen LogP contribution in [0, 0.1) is 5.82 Å². The summed E-state index contributed by atoms with van der Waals surface area (Å²) in [6, 6.07) is 11.9. The molecule has 1 saturated heterocycles. The first-order valence-corrected chi connectivity index (χ1v) is 8.14. The number of hydrogen-bond acceptors (Lipinski definition) is 4. The summed E-state index contributed by atoms with van der Waals surface area (Å²) in [5, 5.41) is 2.73. The van der Waals surface area contributed by atoms with Gasteiger partial charge in [-0.15, -0.1) is 0 Å². The highest BCUT2D eigenvalue weighted by Crippen LogP contribution is 2.13. The highest BCUT2D eigenvalue weighted by atomic mass is 19.1. The highest BCUT2D eigenvalue weighted by molar-refractivity contribution is 5.90. The molecule has 0 saturated carbocycles. The number of anilines is 2. The molecule has 5 nitrogen and oxygen atoms in total. The fourth-order valence-corrected chi connectivity index (χ4v) is 2.79. The molecule has 1 aromatic carbocycles. The molecule has 0 radical (unpaired) electrons. The summed E-state index contributed by atoms with van der Waals surface area (Å²) >= 11 is 0. The van der Waals surface area contributed by atoms with Crippen LogP contribution in [0.2, 0.25) is 0 Å². The Hall–Kier alpha value is -2.47. The molecular weight excluding hydrogens is 307 g/mol. The maximum absolute atomic E-state index is 13.1. The van der Waals surface area contributed by atoms with Crippen LogP contribution in [0.15, 0.2) is 48.7 Å². The average Bonchev–Trinajstić information content (AvgIpc) is 2.61. The van der Waals surface area contributed by atoms with Gasteiger partial charge in [0, 0.05) is 51.0 Å². The van der Waals surface area contributed by atoms with Crippen LogP contribution < -0.4 is 10.2 Å². The van der Waals surface area contributed by atoms with E-state index in [1.54, 1.807) is 18.3 Å². The molecule has 6 heteroatoms. The predicted molar refractivity (Wildman–Crippen MR) is 92.5 cm³/mol. The van der Waals surface area contributed by atoms with Crippen molar-refractivity contribution in [2.45, 2.75) is 6.42 Å². The standard InChI is InChI=1S/C18H21FN4O/c19-15-4-3-5-16(14-15)21-18(24)7-9-22-10-12-23(13-11-22)17-6-1-2-8-20-17/h1-6,8,14H,7,9-13H2,(H,21,24). The molecule has 24 heavy (non-hydrogen) atoms. The predicted octanol–water partition coefficient (Wildman–Crippen LogP) is 2.37. The van der Waals surface area contributed by atoms with Gasteiger partial charge < -0.3 is 10.2 Å². The summed E-state index contributed by atoms with van der Waals surface area (Å²) in [4.78, 5) is 20.9. The van der Waals surface area contributed by atoms with Crippen molar-refractivity contribution in [1.82, 2.24) is 9.88 Å². The van der Waals surface area contributed by atoms with Gasteiger partial charge in [-0.1, -0.05) is 12.1 Å². The summed E-state index contributed by atoms with van der Waals surface area (Å²) in [6.45, 7) is 4.33. The van der Waals surface area contributed by atoms with E-state index in [1.165, 1.54) is 12.1 Å². The zero-order valence-electron chi connectivity index (χ0n) is 13.5. The lowest BCUT2D eigenvalue weighted by Crippen LogP contribution is -2.47. The average molecular weight is 328 g/mol. The van der Waals surface area contributed by atoms with E-state index in [-0.39, 0.29) is 11.7 Å². The van der Waals surface area contributed by atoms with Crippen LogP contribution in [-0.4, -0.2) is 48.5 Å². The van der Waals surface area contributed by atoms with Gasteiger partial charge in [-0.2, -0.15) is 0 Å². The van der Waals surface area contributed by atoms with E-state index in [0.717, 1.165) is 32.0 Å². The van der Waals surface area contributed by atoms with E-state index >= 15 is 0 Å². The molecule has 0 bridgehead atoms. The molecule has 1 aliphatic rings. The fourth-order valence-electron chi connectivity index (χ4n) is 2.79. The third-order valence-corrected chi connectivity index (χ3v) is 4.11. The smallest absolute Gasteiger partial charge is 0.225 e. The number of piperazine rings is 1. The molecule has 0 atom stereocenters. The number of aromatic nitrogens is 1. The Bertz CT molecular complexity index is 672. The molecule has 0 aliphatic carbocycles. The van der Waals surface area contributed by atoms with Crippen LogP contribution in [0.1, 0.15) is 6.42 Å². The maximum atomic E-state index is 13.1. The van der Waals surface area contributed by atoms with Gasteiger partial charge in [0.05, 0.1) is 0 Å². The van der Waals surface area contributed by atoms with Gasteiger partial charge in [0.25, 0.3) is 0 Å². The lowest BCUT2D eigenvalue weighted by atomic mass is 10.2. The lowest BCUT2D eigenvalue weighted by molar-refractivity contribution is -0.116. The Morgan fingerprint density at radius 3 is 2.67 bits per heavy atom. The van der Waals surface area contributed by atoms with Crippen molar-refractivity contribution < 1.29 is 9.18 Å². The van der Waals surface area contributed by atoms with Gasteiger partial charge in [-0.25, -0.2) is 9.37 Å². The number of amides is 1. The Balaban J connectivity index is 1.41. The molecule has 1 aromatic heterocycles. The number of rotatable bonds is 5. The topological polar surface area (TPSA) is 48.5 Å². The minimum atomic E-state index is -0.349. The second kappa shape index (κ2) is 7.88. The Morgan fingerprint density at radius 1 is 1.12 bits per heavy atom. The molecule has 126 valence electrons. The van der Waals surface area contributed by atoms with E-state index in [2.05, 4.69) is 20.1 Å². The molecule has 1 fully saturated rings. The Morgan fingerprint density at radius 2 is 1.96 bits per heavy atom. The van der Waals surface area contributed by atoms with E-state index in [0.29, 0.717) is 18.7 Å². The van der Waals surface area contributed by atoms with Crippen LogP contribution >= 0.6 is 0 Å². The molecule has 2 heterocycles. The van der Waals surface area contributed by atoms with Crippen molar-refractivity contribution >= 4 is 17.4 Å².